The molecule has 112 valence electrons. The van der Waals surface area contributed by atoms with Crippen molar-refractivity contribution in [3.05, 3.63) is 52.2 Å². The van der Waals surface area contributed by atoms with E-state index in [0.717, 1.165) is 30.8 Å². The van der Waals surface area contributed by atoms with Crippen LogP contribution in [0.15, 0.2) is 30.5 Å². The Labute approximate surface area is 131 Å². The van der Waals surface area contributed by atoms with E-state index in [9.17, 15) is 0 Å². The van der Waals surface area contributed by atoms with Gasteiger partial charge in [-0.1, -0.05) is 24.6 Å². The smallest absolute Gasteiger partial charge is 0.238 e. The van der Waals surface area contributed by atoms with Gasteiger partial charge in [-0.15, -0.1) is 0 Å². The first-order valence-electron chi connectivity index (χ1n) is 7.20. The average molecular weight is 305 g/mol. The molecule has 0 radical (unpaired) electrons. The molecule has 1 heterocycles. The molecule has 2 rings (SSSR count). The number of nitrogens with one attached hydrogen (secondary N) is 1. The van der Waals surface area contributed by atoms with Crippen LogP contribution in [0.3, 0.4) is 0 Å². The van der Waals surface area contributed by atoms with E-state index in [1.165, 1.54) is 11.1 Å². The van der Waals surface area contributed by atoms with E-state index < -0.39 is 0 Å². The van der Waals surface area contributed by atoms with Gasteiger partial charge >= 0.3 is 0 Å². The molecule has 0 fully saturated rings. The first-order valence-corrected chi connectivity index (χ1v) is 7.58. The van der Waals surface area contributed by atoms with Crippen molar-refractivity contribution in [1.82, 2.24) is 10.3 Å². The van der Waals surface area contributed by atoms with Crippen LogP contribution in [-0.2, 0) is 6.54 Å². The van der Waals surface area contributed by atoms with Crippen molar-refractivity contribution in [2.24, 2.45) is 0 Å². The van der Waals surface area contributed by atoms with Crippen LogP contribution >= 0.6 is 11.6 Å². The number of rotatable bonds is 6. The molecule has 21 heavy (non-hydrogen) atoms. The highest BCUT2D eigenvalue weighted by molar-refractivity contribution is 6.31. The van der Waals surface area contributed by atoms with E-state index >= 15 is 0 Å². The quantitative estimate of drug-likeness (QED) is 0.789. The Kier molecular flexibility index (Phi) is 5.59. The minimum Gasteiger partial charge on any atom is -0.438 e. The van der Waals surface area contributed by atoms with Crippen molar-refractivity contribution >= 4 is 11.6 Å². The van der Waals surface area contributed by atoms with Gasteiger partial charge in [0.1, 0.15) is 10.8 Å². The number of hydrogen-bond acceptors (Lipinski definition) is 3. The summed E-state index contributed by atoms with van der Waals surface area (Å²) in [5.41, 5.74) is 3.48. The molecule has 0 saturated heterocycles. The third kappa shape index (κ3) is 4.45. The second-order valence-corrected chi connectivity index (χ2v) is 5.56. The molecule has 1 N–H and O–H groups in total. The van der Waals surface area contributed by atoms with E-state index in [1.54, 1.807) is 6.20 Å². The molecule has 3 nitrogen and oxygen atoms in total. The van der Waals surface area contributed by atoms with Crippen LogP contribution in [0.1, 0.15) is 30.0 Å². The highest BCUT2D eigenvalue weighted by Crippen LogP contribution is 2.28. The first-order chi connectivity index (χ1) is 10.1. The second kappa shape index (κ2) is 7.43. The fourth-order valence-electron chi connectivity index (χ4n) is 1.94. The van der Waals surface area contributed by atoms with E-state index in [1.807, 2.05) is 24.3 Å². The van der Waals surface area contributed by atoms with E-state index in [0.29, 0.717) is 10.9 Å². The van der Waals surface area contributed by atoms with Crippen LogP contribution in [0.2, 0.25) is 5.02 Å². The predicted molar refractivity (Wildman–Crippen MR) is 87.2 cm³/mol. The largest absolute Gasteiger partial charge is 0.438 e. The van der Waals surface area contributed by atoms with Gasteiger partial charge in [-0.3, -0.25) is 0 Å². The molecule has 0 bridgehead atoms. The lowest BCUT2D eigenvalue weighted by molar-refractivity contribution is 0.462. The minimum atomic E-state index is 0.444. The molecule has 0 aliphatic carbocycles. The molecule has 0 aliphatic heterocycles. The number of nitrogens with zero attached hydrogens (tertiary/aromatic N) is 1. The first kappa shape index (κ1) is 15.8. The topological polar surface area (TPSA) is 34.2 Å². The van der Waals surface area contributed by atoms with Crippen LogP contribution in [-0.4, -0.2) is 11.5 Å². The van der Waals surface area contributed by atoms with Crippen molar-refractivity contribution < 1.29 is 4.74 Å². The number of hydrogen-bond donors (Lipinski definition) is 1. The molecule has 0 saturated carbocycles. The number of ether oxygens (including phenoxy) is 1. The van der Waals surface area contributed by atoms with Gasteiger partial charge in [0.05, 0.1) is 0 Å². The summed E-state index contributed by atoms with van der Waals surface area (Å²) < 4.78 is 5.76. The van der Waals surface area contributed by atoms with Crippen molar-refractivity contribution in [2.45, 2.75) is 33.7 Å². The van der Waals surface area contributed by atoms with Gasteiger partial charge in [0.2, 0.25) is 5.88 Å². The molecule has 0 amide bonds. The summed E-state index contributed by atoms with van der Waals surface area (Å²) in [6, 6.07) is 7.84. The Bertz CT molecular complexity index is 614. The van der Waals surface area contributed by atoms with Crippen LogP contribution in [0.5, 0.6) is 11.6 Å². The van der Waals surface area contributed by atoms with Gasteiger partial charge in [0, 0.05) is 12.7 Å². The summed E-state index contributed by atoms with van der Waals surface area (Å²) in [4.78, 5) is 4.31. The van der Waals surface area contributed by atoms with Gasteiger partial charge in [-0.25, -0.2) is 4.98 Å². The Morgan fingerprint density at radius 2 is 2.00 bits per heavy atom. The van der Waals surface area contributed by atoms with Crippen LogP contribution in [0, 0.1) is 13.8 Å². The van der Waals surface area contributed by atoms with Crippen LogP contribution < -0.4 is 10.1 Å². The van der Waals surface area contributed by atoms with E-state index in [4.69, 9.17) is 16.3 Å². The summed E-state index contributed by atoms with van der Waals surface area (Å²) in [5, 5.41) is 3.85. The number of halogens is 1. The number of aromatic nitrogens is 1. The Balaban J connectivity index is 2.08. The standard InChI is InChI=1S/C17H21ClN2O/c1-4-7-19-10-14-9-16(18)17(20-11-14)21-15-6-5-12(2)13(3)8-15/h5-6,8-9,11,19H,4,7,10H2,1-3H3. The van der Waals surface area contributed by atoms with E-state index in [2.05, 4.69) is 31.1 Å². The molecule has 0 atom stereocenters. The van der Waals surface area contributed by atoms with Crippen LogP contribution in [0.4, 0.5) is 0 Å². The van der Waals surface area contributed by atoms with Gasteiger partial charge in [0.25, 0.3) is 0 Å². The molecule has 4 heteroatoms. The summed E-state index contributed by atoms with van der Waals surface area (Å²) in [5.74, 6) is 1.20. The van der Waals surface area contributed by atoms with Gasteiger partial charge in [0.15, 0.2) is 0 Å². The normalized spacial score (nSPS) is 10.7. The lowest BCUT2D eigenvalue weighted by Gasteiger charge is -2.10. The average Bonchev–Trinajstić information content (AvgIpc) is 2.46. The second-order valence-electron chi connectivity index (χ2n) is 5.16. The summed E-state index contributed by atoms with van der Waals surface area (Å²) >= 11 is 6.25. The van der Waals surface area contributed by atoms with Crippen LogP contribution in [0.25, 0.3) is 0 Å². The zero-order chi connectivity index (χ0) is 15.2. The van der Waals surface area contributed by atoms with Gasteiger partial charge < -0.3 is 10.1 Å². The van der Waals surface area contributed by atoms with Crippen molar-refractivity contribution in [3.8, 4) is 11.6 Å². The SMILES string of the molecule is CCCNCc1cnc(Oc2ccc(C)c(C)c2)c(Cl)c1. The maximum absolute atomic E-state index is 6.25. The summed E-state index contributed by atoms with van der Waals surface area (Å²) in [6.45, 7) is 8.02. The van der Waals surface area contributed by atoms with Crippen molar-refractivity contribution in [1.29, 1.82) is 0 Å². The number of aryl methyl sites for hydroxylation is 2. The third-order valence-corrected chi connectivity index (χ3v) is 3.58. The molecular formula is C17H21ClN2O. The zero-order valence-corrected chi connectivity index (χ0v) is 13.5. The lowest BCUT2D eigenvalue weighted by atomic mass is 10.1. The molecular weight excluding hydrogens is 284 g/mol. The molecule has 1 aromatic heterocycles. The number of pyridine rings is 1. The zero-order valence-electron chi connectivity index (χ0n) is 12.7. The molecule has 2 aromatic rings. The highest BCUT2D eigenvalue weighted by atomic mass is 35.5. The van der Waals surface area contributed by atoms with Crippen molar-refractivity contribution in [3.63, 3.8) is 0 Å². The maximum atomic E-state index is 6.25. The molecule has 0 aliphatic rings. The Hall–Kier alpha value is -1.58. The summed E-state index contributed by atoms with van der Waals surface area (Å²) in [7, 11) is 0. The van der Waals surface area contributed by atoms with E-state index in [-0.39, 0.29) is 0 Å². The van der Waals surface area contributed by atoms with Gasteiger partial charge in [-0.2, -0.15) is 0 Å². The highest BCUT2D eigenvalue weighted by Gasteiger charge is 2.07. The summed E-state index contributed by atoms with van der Waals surface area (Å²) in [6.07, 6.45) is 2.90. The Morgan fingerprint density at radius 3 is 2.67 bits per heavy atom. The minimum absolute atomic E-state index is 0.444. The molecule has 0 unspecified atom stereocenters. The predicted octanol–water partition coefficient (Wildman–Crippen LogP) is 4.64. The third-order valence-electron chi connectivity index (χ3n) is 3.31. The van der Waals surface area contributed by atoms with Gasteiger partial charge in [-0.05, 0) is 61.7 Å². The fraction of sp³-hybridized carbons (Fsp3) is 0.353. The monoisotopic (exact) mass is 304 g/mol. The molecule has 1 aromatic carbocycles. The fourth-order valence-corrected chi connectivity index (χ4v) is 2.16. The Morgan fingerprint density at radius 1 is 1.19 bits per heavy atom. The number of benzene rings is 1. The lowest BCUT2D eigenvalue weighted by Crippen LogP contribution is -2.13. The van der Waals surface area contributed by atoms with Crippen molar-refractivity contribution in [2.75, 3.05) is 6.54 Å². The maximum Gasteiger partial charge on any atom is 0.238 e. The molecule has 0 spiro atoms.